The fourth-order valence-corrected chi connectivity index (χ4v) is 5.05. The molecule has 0 N–H and O–H groups in total. The van der Waals surface area contributed by atoms with Crippen LogP contribution in [0.1, 0.15) is 36.6 Å². The standard InChI is InChI=1S/C23H28N2O4S2/c1-4-5-11-31(27)16-20(14-28-19-9-7-6-8-10-19)29-22(26)15-30-23-21(13-24)17(2)12-18(3)25-23/h6-10,12,20H,4-5,11,14-16H2,1-3H3. The van der Waals surface area contributed by atoms with Crippen molar-refractivity contribution in [3.8, 4) is 11.8 Å². The van der Waals surface area contributed by atoms with Crippen molar-refractivity contribution in [3.63, 3.8) is 0 Å². The number of hydrogen-bond acceptors (Lipinski definition) is 7. The van der Waals surface area contributed by atoms with Crippen molar-refractivity contribution in [1.82, 2.24) is 4.98 Å². The predicted molar refractivity (Wildman–Crippen MR) is 124 cm³/mol. The topological polar surface area (TPSA) is 89.3 Å². The first-order valence-corrected chi connectivity index (χ1v) is 12.6. The number of hydrogen-bond donors (Lipinski definition) is 0. The molecule has 2 atom stereocenters. The van der Waals surface area contributed by atoms with Gasteiger partial charge in [-0.05, 0) is 44.0 Å². The summed E-state index contributed by atoms with van der Waals surface area (Å²) in [5.74, 6) is 1.02. The van der Waals surface area contributed by atoms with Crippen LogP contribution in [0.15, 0.2) is 41.4 Å². The summed E-state index contributed by atoms with van der Waals surface area (Å²) in [6, 6.07) is 13.2. The van der Waals surface area contributed by atoms with Gasteiger partial charge in [-0.2, -0.15) is 5.26 Å². The molecule has 1 heterocycles. The summed E-state index contributed by atoms with van der Waals surface area (Å²) in [6.07, 6.45) is 1.20. The minimum absolute atomic E-state index is 0.00794. The van der Waals surface area contributed by atoms with E-state index in [0.29, 0.717) is 22.1 Å². The third-order valence-corrected chi connectivity index (χ3v) is 6.76. The maximum Gasteiger partial charge on any atom is 0.316 e. The van der Waals surface area contributed by atoms with Crippen LogP contribution >= 0.6 is 11.8 Å². The van der Waals surface area contributed by atoms with Crippen LogP contribution in [-0.4, -0.2) is 45.1 Å². The van der Waals surface area contributed by atoms with Crippen molar-refractivity contribution < 1.29 is 18.5 Å². The molecule has 166 valence electrons. The number of unbranched alkanes of at least 4 members (excludes halogenated alkanes) is 1. The summed E-state index contributed by atoms with van der Waals surface area (Å²) in [5.41, 5.74) is 2.08. The molecule has 0 aliphatic heterocycles. The van der Waals surface area contributed by atoms with Gasteiger partial charge in [-0.1, -0.05) is 43.3 Å². The van der Waals surface area contributed by atoms with Crippen molar-refractivity contribution in [2.45, 2.75) is 44.7 Å². The van der Waals surface area contributed by atoms with Crippen LogP contribution in [0.25, 0.3) is 0 Å². The minimum Gasteiger partial charge on any atom is -0.490 e. The number of pyridine rings is 1. The predicted octanol–water partition coefficient (Wildman–Crippen LogP) is 4.20. The van der Waals surface area contributed by atoms with E-state index in [1.165, 1.54) is 11.8 Å². The smallest absolute Gasteiger partial charge is 0.316 e. The zero-order valence-electron chi connectivity index (χ0n) is 18.1. The number of thioether (sulfide) groups is 1. The van der Waals surface area contributed by atoms with Gasteiger partial charge >= 0.3 is 5.97 Å². The first kappa shape index (κ1) is 24.9. The van der Waals surface area contributed by atoms with Gasteiger partial charge in [0.05, 0.1) is 17.1 Å². The highest BCUT2D eigenvalue weighted by Gasteiger charge is 2.20. The van der Waals surface area contributed by atoms with E-state index < -0.39 is 22.9 Å². The van der Waals surface area contributed by atoms with Crippen molar-refractivity contribution in [2.24, 2.45) is 0 Å². The van der Waals surface area contributed by atoms with Crippen LogP contribution in [0.4, 0.5) is 0 Å². The molecule has 6 nitrogen and oxygen atoms in total. The number of ether oxygens (including phenoxy) is 2. The first-order valence-electron chi connectivity index (χ1n) is 10.2. The lowest BCUT2D eigenvalue weighted by atomic mass is 10.1. The van der Waals surface area contributed by atoms with Crippen LogP contribution in [0, 0.1) is 25.2 Å². The molecular weight excluding hydrogens is 432 g/mol. The van der Waals surface area contributed by atoms with Crippen molar-refractivity contribution in [3.05, 3.63) is 53.2 Å². The molecule has 0 saturated carbocycles. The van der Waals surface area contributed by atoms with Crippen molar-refractivity contribution in [1.29, 1.82) is 5.26 Å². The number of aryl methyl sites for hydroxylation is 2. The summed E-state index contributed by atoms with van der Waals surface area (Å²) < 4.78 is 23.7. The molecule has 0 radical (unpaired) electrons. The zero-order chi connectivity index (χ0) is 22.6. The largest absolute Gasteiger partial charge is 0.490 e. The maximum absolute atomic E-state index is 12.5. The SMILES string of the molecule is CCCCS(=O)CC(COc1ccccc1)OC(=O)CSc1nc(C)cc(C)c1C#N. The van der Waals surface area contributed by atoms with Crippen LogP contribution in [-0.2, 0) is 20.3 Å². The fourth-order valence-electron chi connectivity index (χ4n) is 2.81. The normalized spacial score (nSPS) is 12.6. The number of carbonyl (C=O) groups excluding carboxylic acids is 1. The van der Waals surface area contributed by atoms with Crippen LogP contribution in [0.5, 0.6) is 5.75 Å². The van der Waals surface area contributed by atoms with Gasteiger partial charge in [-0.3, -0.25) is 9.00 Å². The first-order chi connectivity index (χ1) is 14.9. The molecule has 2 unspecified atom stereocenters. The Morgan fingerprint density at radius 1 is 1.29 bits per heavy atom. The fraction of sp³-hybridized carbons (Fsp3) is 0.435. The summed E-state index contributed by atoms with van der Waals surface area (Å²) in [6.45, 7) is 5.86. The molecule has 0 bridgehead atoms. The molecule has 2 aromatic rings. The number of para-hydroxylation sites is 1. The zero-order valence-corrected chi connectivity index (χ0v) is 19.8. The molecular formula is C23H28N2O4S2. The van der Waals surface area contributed by atoms with Gasteiger partial charge in [-0.25, -0.2) is 4.98 Å². The van der Waals surface area contributed by atoms with Crippen LogP contribution in [0.3, 0.4) is 0 Å². The second kappa shape index (κ2) is 13.1. The van der Waals surface area contributed by atoms with E-state index in [4.69, 9.17) is 9.47 Å². The minimum atomic E-state index is -1.09. The molecule has 1 aromatic heterocycles. The Balaban J connectivity index is 1.99. The molecule has 0 saturated heterocycles. The average Bonchev–Trinajstić information content (AvgIpc) is 2.75. The second-order valence-electron chi connectivity index (χ2n) is 7.06. The highest BCUT2D eigenvalue weighted by molar-refractivity contribution is 7.99. The molecule has 31 heavy (non-hydrogen) atoms. The summed E-state index contributed by atoms with van der Waals surface area (Å²) >= 11 is 1.17. The summed E-state index contributed by atoms with van der Waals surface area (Å²) in [4.78, 5) is 16.9. The van der Waals surface area contributed by atoms with Gasteiger partial charge in [0.2, 0.25) is 0 Å². The Labute approximate surface area is 190 Å². The van der Waals surface area contributed by atoms with Gasteiger partial charge < -0.3 is 9.47 Å². The van der Waals surface area contributed by atoms with E-state index >= 15 is 0 Å². The lowest BCUT2D eigenvalue weighted by molar-refractivity contribution is -0.146. The third kappa shape index (κ3) is 8.72. The summed E-state index contributed by atoms with van der Waals surface area (Å²) in [7, 11) is -1.09. The van der Waals surface area contributed by atoms with E-state index in [0.717, 1.165) is 24.1 Å². The lowest BCUT2D eigenvalue weighted by Gasteiger charge is -2.18. The van der Waals surface area contributed by atoms with E-state index in [2.05, 4.69) is 11.1 Å². The van der Waals surface area contributed by atoms with Crippen molar-refractivity contribution in [2.75, 3.05) is 23.9 Å². The Morgan fingerprint density at radius 3 is 2.71 bits per heavy atom. The monoisotopic (exact) mass is 460 g/mol. The number of esters is 1. The molecule has 2 rings (SSSR count). The Hall–Kier alpha value is -2.37. The van der Waals surface area contributed by atoms with Gasteiger partial charge in [0, 0.05) is 22.2 Å². The Bertz CT molecular complexity index is 929. The van der Waals surface area contributed by atoms with E-state index in [9.17, 15) is 14.3 Å². The van der Waals surface area contributed by atoms with Crippen LogP contribution < -0.4 is 4.74 Å². The quantitative estimate of drug-likeness (QED) is 0.346. The van der Waals surface area contributed by atoms with Crippen molar-refractivity contribution >= 4 is 28.5 Å². The molecule has 1 aromatic carbocycles. The molecule has 8 heteroatoms. The number of nitriles is 1. The Kier molecular flexibility index (Phi) is 10.5. The van der Waals surface area contributed by atoms with E-state index in [1.807, 2.05) is 57.2 Å². The lowest BCUT2D eigenvalue weighted by Crippen LogP contribution is -2.31. The molecule has 0 aliphatic carbocycles. The van der Waals surface area contributed by atoms with Gasteiger partial charge in [-0.15, -0.1) is 0 Å². The molecule has 0 fully saturated rings. The Morgan fingerprint density at radius 2 is 2.03 bits per heavy atom. The third-order valence-electron chi connectivity index (χ3n) is 4.32. The number of nitrogens with zero attached hydrogens (tertiary/aromatic N) is 2. The molecule has 0 aliphatic rings. The highest BCUT2D eigenvalue weighted by atomic mass is 32.2. The summed E-state index contributed by atoms with van der Waals surface area (Å²) in [5, 5.41) is 9.89. The van der Waals surface area contributed by atoms with E-state index in [-0.39, 0.29) is 18.1 Å². The van der Waals surface area contributed by atoms with Gasteiger partial charge in [0.25, 0.3) is 0 Å². The molecule has 0 amide bonds. The average molecular weight is 461 g/mol. The number of carbonyl (C=O) groups is 1. The number of benzene rings is 1. The molecule has 0 spiro atoms. The second-order valence-corrected chi connectivity index (χ2v) is 9.65. The number of rotatable bonds is 12. The number of aromatic nitrogens is 1. The maximum atomic E-state index is 12.5. The van der Waals surface area contributed by atoms with Crippen LogP contribution in [0.2, 0.25) is 0 Å². The highest BCUT2D eigenvalue weighted by Crippen LogP contribution is 2.24. The van der Waals surface area contributed by atoms with Gasteiger partial charge in [0.15, 0.2) is 0 Å². The van der Waals surface area contributed by atoms with Gasteiger partial charge in [0.1, 0.15) is 29.6 Å². The van der Waals surface area contributed by atoms with E-state index in [1.54, 1.807) is 0 Å².